The molecule has 1 aromatic carbocycles. The normalized spacial score (nSPS) is 20.5. The first-order chi connectivity index (χ1) is 8.26. The summed E-state index contributed by atoms with van der Waals surface area (Å²) < 4.78 is 1.09. The van der Waals surface area contributed by atoms with Crippen molar-refractivity contribution in [2.45, 2.75) is 27.7 Å². The Hall–Kier alpha value is -0.580. The number of amides is 1. The number of hydrogen-bond acceptors (Lipinski definition) is 1. The van der Waals surface area contributed by atoms with Crippen molar-refractivity contribution >= 4 is 28.5 Å². The second-order valence-electron chi connectivity index (χ2n) is 6.22. The predicted octanol–water partition coefficient (Wildman–Crippen LogP) is 3.70. The van der Waals surface area contributed by atoms with Gasteiger partial charge < -0.3 is 5.32 Å². The van der Waals surface area contributed by atoms with Gasteiger partial charge in [0.05, 0.1) is 0 Å². The van der Waals surface area contributed by atoms with Crippen LogP contribution in [0.5, 0.6) is 0 Å². The molecule has 3 heteroatoms. The zero-order chi connectivity index (χ0) is 13.6. The van der Waals surface area contributed by atoms with E-state index in [0.29, 0.717) is 16.7 Å². The van der Waals surface area contributed by atoms with E-state index in [4.69, 9.17) is 0 Å². The lowest BCUT2D eigenvalue weighted by Crippen LogP contribution is -2.27. The summed E-state index contributed by atoms with van der Waals surface area (Å²) in [6.07, 6.45) is 0. The summed E-state index contributed by atoms with van der Waals surface area (Å²) in [6, 6.07) is 7.69. The zero-order valence-electron chi connectivity index (χ0n) is 11.4. The van der Waals surface area contributed by atoms with Gasteiger partial charge in [-0.2, -0.15) is 0 Å². The Kier molecular flexibility index (Phi) is 3.47. The molecule has 0 aromatic heterocycles. The summed E-state index contributed by atoms with van der Waals surface area (Å²) in [5.74, 6) is 0.601. The topological polar surface area (TPSA) is 29.1 Å². The average Bonchev–Trinajstić information content (AvgIpc) is 2.66. The number of carbonyl (C=O) groups excluding carboxylic acids is 1. The summed E-state index contributed by atoms with van der Waals surface area (Å²) in [6.45, 7) is 9.86. The van der Waals surface area contributed by atoms with E-state index >= 15 is 0 Å². The highest BCUT2D eigenvalue weighted by atomic mass is 127. The van der Waals surface area contributed by atoms with Crippen molar-refractivity contribution in [3.8, 4) is 0 Å². The van der Waals surface area contributed by atoms with E-state index < -0.39 is 0 Å². The first-order valence-electron chi connectivity index (χ1n) is 6.30. The highest BCUT2D eigenvalue weighted by molar-refractivity contribution is 14.1. The first-order valence-corrected chi connectivity index (χ1v) is 7.38. The molecule has 1 N–H and O–H groups in total. The van der Waals surface area contributed by atoms with Crippen molar-refractivity contribution in [1.82, 2.24) is 5.32 Å². The fourth-order valence-electron chi connectivity index (χ4n) is 2.77. The molecule has 0 bridgehead atoms. The molecule has 0 atom stereocenters. The van der Waals surface area contributed by atoms with E-state index in [2.05, 4.69) is 55.6 Å². The van der Waals surface area contributed by atoms with Gasteiger partial charge in [-0.15, -0.1) is 0 Å². The minimum Gasteiger partial charge on any atom is -0.352 e. The fourth-order valence-corrected chi connectivity index (χ4v) is 3.31. The Morgan fingerprint density at radius 2 is 1.89 bits per heavy atom. The van der Waals surface area contributed by atoms with Crippen LogP contribution in [0.25, 0.3) is 0 Å². The Morgan fingerprint density at radius 3 is 2.39 bits per heavy atom. The van der Waals surface area contributed by atoms with Gasteiger partial charge >= 0.3 is 0 Å². The number of benzene rings is 1. The SMILES string of the molecule is CC1(C)C(CNC(=O)c2cccc(I)c2)C1(C)C. The summed E-state index contributed by atoms with van der Waals surface area (Å²) in [5.41, 5.74) is 1.40. The molecular formula is C15H20INO. The van der Waals surface area contributed by atoms with E-state index in [1.807, 2.05) is 24.3 Å². The van der Waals surface area contributed by atoms with E-state index in [1.165, 1.54) is 0 Å². The molecule has 1 amide bonds. The summed E-state index contributed by atoms with van der Waals surface area (Å²) in [5, 5.41) is 3.06. The standard InChI is InChI=1S/C15H20INO/c1-14(2)12(15(14,3)4)9-17-13(18)10-6-5-7-11(16)8-10/h5-8,12H,9H2,1-4H3,(H,17,18). The molecule has 1 aliphatic carbocycles. The van der Waals surface area contributed by atoms with Crippen LogP contribution >= 0.6 is 22.6 Å². The molecule has 98 valence electrons. The smallest absolute Gasteiger partial charge is 0.251 e. The maximum atomic E-state index is 12.0. The largest absolute Gasteiger partial charge is 0.352 e. The van der Waals surface area contributed by atoms with Crippen molar-refractivity contribution in [3.63, 3.8) is 0 Å². The molecule has 0 unspecified atom stereocenters. The van der Waals surface area contributed by atoms with Gasteiger partial charge in [-0.05, 0) is 57.5 Å². The van der Waals surface area contributed by atoms with E-state index in [0.717, 1.165) is 15.7 Å². The fraction of sp³-hybridized carbons (Fsp3) is 0.533. The minimum absolute atomic E-state index is 0.0343. The molecule has 0 saturated heterocycles. The van der Waals surface area contributed by atoms with Crippen LogP contribution in [0, 0.1) is 20.3 Å². The highest BCUT2D eigenvalue weighted by Gasteiger charge is 2.64. The third-order valence-corrected chi connectivity index (χ3v) is 5.54. The highest BCUT2D eigenvalue weighted by Crippen LogP contribution is 2.67. The van der Waals surface area contributed by atoms with Crippen LogP contribution in [0.4, 0.5) is 0 Å². The molecule has 18 heavy (non-hydrogen) atoms. The Morgan fingerprint density at radius 1 is 1.28 bits per heavy atom. The van der Waals surface area contributed by atoms with Crippen LogP contribution in [-0.2, 0) is 0 Å². The Labute approximate surface area is 123 Å². The van der Waals surface area contributed by atoms with E-state index in [-0.39, 0.29) is 5.91 Å². The van der Waals surface area contributed by atoms with Gasteiger partial charge in [0.15, 0.2) is 0 Å². The maximum Gasteiger partial charge on any atom is 0.251 e. The van der Waals surface area contributed by atoms with Gasteiger partial charge in [0.25, 0.3) is 5.91 Å². The Balaban J connectivity index is 1.95. The van der Waals surface area contributed by atoms with Gasteiger partial charge in [0.1, 0.15) is 0 Å². The molecule has 1 fully saturated rings. The van der Waals surface area contributed by atoms with Crippen LogP contribution in [0.1, 0.15) is 38.1 Å². The van der Waals surface area contributed by atoms with Crippen molar-refractivity contribution in [1.29, 1.82) is 0 Å². The van der Waals surface area contributed by atoms with Crippen molar-refractivity contribution in [2.75, 3.05) is 6.54 Å². The molecule has 2 rings (SSSR count). The molecule has 1 saturated carbocycles. The predicted molar refractivity (Wildman–Crippen MR) is 82.5 cm³/mol. The average molecular weight is 357 g/mol. The van der Waals surface area contributed by atoms with Gasteiger partial charge in [0.2, 0.25) is 0 Å². The van der Waals surface area contributed by atoms with Crippen molar-refractivity contribution in [3.05, 3.63) is 33.4 Å². The quantitative estimate of drug-likeness (QED) is 0.822. The number of nitrogens with one attached hydrogen (secondary N) is 1. The van der Waals surface area contributed by atoms with Crippen molar-refractivity contribution in [2.24, 2.45) is 16.7 Å². The molecule has 0 heterocycles. The molecule has 0 radical (unpaired) electrons. The zero-order valence-corrected chi connectivity index (χ0v) is 13.5. The van der Waals surface area contributed by atoms with Gasteiger partial charge in [0, 0.05) is 15.7 Å². The third kappa shape index (κ3) is 2.29. The second-order valence-corrected chi connectivity index (χ2v) is 7.46. The number of carbonyl (C=O) groups is 1. The van der Waals surface area contributed by atoms with Crippen LogP contribution in [0.3, 0.4) is 0 Å². The van der Waals surface area contributed by atoms with Gasteiger partial charge in [-0.3, -0.25) is 4.79 Å². The van der Waals surface area contributed by atoms with E-state index in [9.17, 15) is 4.79 Å². The molecule has 1 aromatic rings. The van der Waals surface area contributed by atoms with Crippen LogP contribution < -0.4 is 5.32 Å². The van der Waals surface area contributed by atoms with E-state index in [1.54, 1.807) is 0 Å². The van der Waals surface area contributed by atoms with Gasteiger partial charge in [-0.1, -0.05) is 33.8 Å². The molecule has 0 aliphatic heterocycles. The summed E-state index contributed by atoms with van der Waals surface area (Å²) in [4.78, 5) is 12.0. The van der Waals surface area contributed by atoms with Crippen LogP contribution in [0.2, 0.25) is 0 Å². The number of hydrogen-bond donors (Lipinski definition) is 1. The molecular weight excluding hydrogens is 337 g/mol. The number of halogens is 1. The lowest BCUT2D eigenvalue weighted by atomic mass is 10.0. The Bertz CT molecular complexity index is 465. The summed E-state index contributed by atoms with van der Waals surface area (Å²) >= 11 is 2.22. The monoisotopic (exact) mass is 357 g/mol. The second kappa shape index (κ2) is 4.51. The van der Waals surface area contributed by atoms with Crippen LogP contribution in [0.15, 0.2) is 24.3 Å². The molecule has 1 aliphatic rings. The lowest BCUT2D eigenvalue weighted by molar-refractivity contribution is 0.0950. The lowest BCUT2D eigenvalue weighted by Gasteiger charge is -2.06. The molecule has 2 nitrogen and oxygen atoms in total. The summed E-state index contributed by atoms with van der Waals surface area (Å²) in [7, 11) is 0. The van der Waals surface area contributed by atoms with Gasteiger partial charge in [-0.25, -0.2) is 0 Å². The third-order valence-electron chi connectivity index (χ3n) is 4.87. The first kappa shape index (κ1) is 13.8. The van der Waals surface area contributed by atoms with Crippen molar-refractivity contribution < 1.29 is 4.79 Å². The minimum atomic E-state index is 0.0343. The number of rotatable bonds is 3. The molecule has 0 spiro atoms. The van der Waals surface area contributed by atoms with Crippen LogP contribution in [-0.4, -0.2) is 12.5 Å². The maximum absolute atomic E-state index is 12.0.